The highest BCUT2D eigenvalue weighted by atomic mass is 16.5. The summed E-state index contributed by atoms with van der Waals surface area (Å²) in [5.74, 6) is 1.08. The van der Waals surface area contributed by atoms with E-state index in [9.17, 15) is 14.4 Å². The van der Waals surface area contributed by atoms with Gasteiger partial charge in [-0.2, -0.15) is 0 Å². The van der Waals surface area contributed by atoms with Crippen LogP contribution >= 0.6 is 0 Å². The van der Waals surface area contributed by atoms with Crippen molar-refractivity contribution >= 4 is 65.4 Å². The van der Waals surface area contributed by atoms with Gasteiger partial charge in [-0.15, -0.1) is 0 Å². The fraction of sp³-hybridized carbons (Fsp3) is 0.0667. The van der Waals surface area contributed by atoms with Crippen molar-refractivity contribution in [2.75, 3.05) is 21.3 Å². The lowest BCUT2D eigenvalue weighted by Crippen LogP contribution is -2.12. The molecule has 6 aromatic carbocycles. The van der Waals surface area contributed by atoms with Gasteiger partial charge in [-0.05, 0) is 72.8 Å². The van der Waals surface area contributed by atoms with Crippen LogP contribution in [0.1, 0.15) is 0 Å². The third-order valence-corrected chi connectivity index (χ3v) is 10.5. The molecule has 0 aliphatic heterocycles. The van der Waals surface area contributed by atoms with Crippen molar-refractivity contribution in [1.82, 2.24) is 29.9 Å². The molecule has 10 rings (SSSR count). The third-order valence-electron chi connectivity index (χ3n) is 10.5. The van der Waals surface area contributed by atoms with Crippen molar-refractivity contribution in [1.29, 1.82) is 0 Å². The first-order valence-corrected chi connectivity index (χ1v) is 18.0. The molecule has 0 saturated heterocycles. The minimum absolute atomic E-state index is 0.0470. The van der Waals surface area contributed by atoms with E-state index in [1.807, 2.05) is 36.4 Å². The monoisotopic (exact) mass is 750 g/mol. The summed E-state index contributed by atoms with van der Waals surface area (Å²) in [6.07, 6.45) is 0. The van der Waals surface area contributed by atoms with E-state index in [0.717, 1.165) is 0 Å². The van der Waals surface area contributed by atoms with Crippen molar-refractivity contribution in [3.8, 4) is 51.4 Å². The lowest BCUT2D eigenvalue weighted by molar-refractivity contribution is 0.416. The predicted octanol–water partition coefficient (Wildman–Crippen LogP) is 7.88. The maximum atomic E-state index is 14.5. The topological polar surface area (TPSA) is 165 Å². The van der Waals surface area contributed by atoms with Gasteiger partial charge in [-0.25, -0.2) is 15.0 Å². The summed E-state index contributed by atoms with van der Waals surface area (Å²) in [6.45, 7) is 0. The highest BCUT2D eigenvalue weighted by molar-refractivity contribution is 6.06. The Balaban J connectivity index is 1.40. The summed E-state index contributed by atoms with van der Waals surface area (Å²) in [5.41, 5.74) is 3.57. The molecule has 0 saturated carbocycles. The van der Waals surface area contributed by atoms with Crippen LogP contribution < -0.4 is 30.5 Å². The molecule has 0 amide bonds. The number of H-pyrrole nitrogens is 3. The second-order valence-corrected chi connectivity index (χ2v) is 13.5. The summed E-state index contributed by atoms with van der Waals surface area (Å²) in [6, 6.07) is 32.2. The predicted molar refractivity (Wildman–Crippen MR) is 223 cm³/mol. The van der Waals surface area contributed by atoms with E-state index in [2.05, 4.69) is 15.0 Å². The maximum Gasteiger partial charge on any atom is 0.198 e. The van der Waals surface area contributed by atoms with Crippen LogP contribution in [0.5, 0.6) is 17.2 Å². The quantitative estimate of drug-likeness (QED) is 0.143. The Hall–Kier alpha value is -7.86. The van der Waals surface area contributed by atoms with Crippen LogP contribution in [0, 0.1) is 0 Å². The Labute approximate surface area is 321 Å². The van der Waals surface area contributed by atoms with Crippen LogP contribution in [-0.2, 0) is 0 Å². The van der Waals surface area contributed by atoms with Crippen LogP contribution in [0.25, 0.3) is 99.6 Å². The molecule has 0 aliphatic carbocycles. The fourth-order valence-corrected chi connectivity index (χ4v) is 7.87. The molecule has 0 aliphatic rings. The molecule has 57 heavy (non-hydrogen) atoms. The van der Waals surface area contributed by atoms with Crippen LogP contribution in [0.4, 0.5) is 0 Å². The second kappa shape index (κ2) is 12.9. The molecule has 276 valence electrons. The van der Waals surface area contributed by atoms with Crippen molar-refractivity contribution < 1.29 is 14.2 Å². The van der Waals surface area contributed by atoms with Crippen LogP contribution in [0.15, 0.2) is 124 Å². The number of methoxy groups -OCH3 is 3. The standard InChI is InChI=1S/C45H30N6O6/c1-55-31-19-16-28-34(40(52)22-10-4-7-13-25(22)46-28)37(31)43-49-44(38-32(56-2)20-17-29-35(38)41(53)23-11-5-8-14-26(23)47-29)51-45(50-43)39-33(57-3)21-18-30-36(39)42(54)24-12-6-9-15-27(24)48-30/h4-21H,1-3H3,(H,46,52)(H,47,53)(H,48,54). The molecule has 0 unspecified atom stereocenters. The third kappa shape index (κ3) is 5.07. The van der Waals surface area contributed by atoms with Gasteiger partial charge in [0, 0.05) is 32.7 Å². The van der Waals surface area contributed by atoms with E-state index in [0.29, 0.717) is 66.5 Å². The molecule has 0 fully saturated rings. The normalized spacial score (nSPS) is 11.6. The van der Waals surface area contributed by atoms with Crippen molar-refractivity contribution in [2.45, 2.75) is 0 Å². The maximum absolute atomic E-state index is 14.5. The molecule has 4 heterocycles. The number of nitrogens with one attached hydrogen (secondary N) is 3. The van der Waals surface area contributed by atoms with Crippen molar-refractivity contribution in [3.05, 3.63) is 140 Å². The van der Waals surface area contributed by atoms with E-state index in [1.54, 1.807) is 72.8 Å². The van der Waals surface area contributed by atoms with Gasteiger partial charge in [0.2, 0.25) is 0 Å². The first-order chi connectivity index (χ1) is 27.9. The first-order valence-electron chi connectivity index (χ1n) is 18.0. The van der Waals surface area contributed by atoms with Gasteiger partial charge >= 0.3 is 0 Å². The number of benzene rings is 6. The molecule has 0 spiro atoms. The Morgan fingerprint density at radius 1 is 0.368 bits per heavy atom. The largest absolute Gasteiger partial charge is 0.496 e. The van der Waals surface area contributed by atoms with Gasteiger partial charge in [-0.1, -0.05) is 36.4 Å². The van der Waals surface area contributed by atoms with E-state index in [4.69, 9.17) is 29.2 Å². The molecule has 4 aromatic heterocycles. The van der Waals surface area contributed by atoms with Crippen LogP contribution in [-0.4, -0.2) is 51.2 Å². The number of fused-ring (bicyclic) bond motifs is 6. The lowest BCUT2D eigenvalue weighted by Gasteiger charge is -2.17. The number of rotatable bonds is 6. The molecular formula is C45H30N6O6. The first kappa shape index (κ1) is 33.7. The summed E-state index contributed by atoms with van der Waals surface area (Å²) in [5, 5.41) is 2.20. The SMILES string of the molecule is COc1ccc2[nH]c3ccccc3c(=O)c2c1-c1nc(-c2c(OC)ccc3[nH]c4ccccc4c(=O)c23)nc(-c2c(OC)ccc3[nH]c4ccccc4c(=O)c23)n1. The summed E-state index contributed by atoms with van der Waals surface area (Å²) in [4.78, 5) is 68.7. The highest BCUT2D eigenvalue weighted by Crippen LogP contribution is 2.41. The van der Waals surface area contributed by atoms with Gasteiger partial charge in [-0.3, -0.25) is 14.4 Å². The minimum Gasteiger partial charge on any atom is -0.496 e. The molecule has 0 atom stereocenters. The van der Waals surface area contributed by atoms with Crippen molar-refractivity contribution in [2.24, 2.45) is 0 Å². The number of aromatic amines is 3. The van der Waals surface area contributed by atoms with E-state index in [1.165, 1.54) is 21.3 Å². The number of pyridine rings is 3. The molecular weight excluding hydrogens is 721 g/mol. The van der Waals surface area contributed by atoms with Gasteiger partial charge in [0.25, 0.3) is 0 Å². The van der Waals surface area contributed by atoms with Crippen molar-refractivity contribution in [3.63, 3.8) is 0 Å². The Morgan fingerprint density at radius 2 is 0.649 bits per heavy atom. The second-order valence-electron chi connectivity index (χ2n) is 13.5. The summed E-state index contributed by atoms with van der Waals surface area (Å²) >= 11 is 0. The number of ether oxygens (including phenoxy) is 3. The molecule has 10 aromatic rings. The number of hydrogen-bond acceptors (Lipinski definition) is 9. The number of hydrogen-bond donors (Lipinski definition) is 3. The zero-order valence-electron chi connectivity index (χ0n) is 30.7. The van der Waals surface area contributed by atoms with Gasteiger partial charge < -0.3 is 29.2 Å². The average molecular weight is 751 g/mol. The Morgan fingerprint density at radius 3 is 0.930 bits per heavy atom. The van der Waals surface area contributed by atoms with E-state index in [-0.39, 0.29) is 66.6 Å². The van der Waals surface area contributed by atoms with E-state index < -0.39 is 0 Å². The Kier molecular flexibility index (Phi) is 7.61. The van der Waals surface area contributed by atoms with Gasteiger partial charge in [0.1, 0.15) is 17.2 Å². The number of nitrogens with zero attached hydrogens (tertiary/aromatic N) is 3. The van der Waals surface area contributed by atoms with Crippen LogP contribution in [0.3, 0.4) is 0 Å². The molecule has 0 radical (unpaired) electrons. The molecule has 0 bridgehead atoms. The van der Waals surface area contributed by atoms with Crippen LogP contribution in [0.2, 0.25) is 0 Å². The molecule has 12 heteroatoms. The minimum atomic E-state index is -0.270. The molecule has 3 N–H and O–H groups in total. The van der Waals surface area contributed by atoms with Gasteiger partial charge in [0.15, 0.2) is 33.8 Å². The smallest absolute Gasteiger partial charge is 0.198 e. The zero-order valence-corrected chi connectivity index (χ0v) is 30.7. The number of aromatic nitrogens is 6. The average Bonchev–Trinajstić information content (AvgIpc) is 3.25. The summed E-state index contributed by atoms with van der Waals surface area (Å²) in [7, 11) is 4.50. The zero-order chi connectivity index (χ0) is 38.9. The number of para-hydroxylation sites is 3. The van der Waals surface area contributed by atoms with Gasteiger partial charge in [0.05, 0.1) is 70.7 Å². The lowest BCUT2D eigenvalue weighted by atomic mass is 10.0. The van der Waals surface area contributed by atoms with E-state index >= 15 is 0 Å². The Bertz CT molecular complexity index is 3140. The fourth-order valence-electron chi connectivity index (χ4n) is 7.87. The summed E-state index contributed by atoms with van der Waals surface area (Å²) < 4.78 is 17.8. The molecule has 12 nitrogen and oxygen atoms in total. The highest BCUT2D eigenvalue weighted by Gasteiger charge is 2.27.